The number of hydrogen-bond donors (Lipinski definition) is 2. The zero-order chi connectivity index (χ0) is 13.0. The van der Waals surface area contributed by atoms with Gasteiger partial charge in [-0.15, -0.1) is 0 Å². The van der Waals surface area contributed by atoms with Gasteiger partial charge in [0.2, 0.25) is 5.88 Å². The molecule has 0 aliphatic heterocycles. The van der Waals surface area contributed by atoms with E-state index in [1.54, 1.807) is 7.11 Å². The van der Waals surface area contributed by atoms with Crippen LogP contribution in [0.15, 0.2) is 12.1 Å². The van der Waals surface area contributed by atoms with Crippen LogP contribution in [-0.2, 0) is 11.2 Å². The minimum absolute atomic E-state index is 0.0306. The van der Waals surface area contributed by atoms with Crippen LogP contribution < -0.4 is 10.5 Å². The van der Waals surface area contributed by atoms with E-state index in [0.29, 0.717) is 31.1 Å². The Labute approximate surface area is 106 Å². The summed E-state index contributed by atoms with van der Waals surface area (Å²) < 4.78 is 10.6. The number of fused-ring (bicyclic) bond motifs is 1. The number of nitrogens with zero attached hydrogens (tertiary/aromatic N) is 2. The normalized spacial score (nSPS) is 12.8. The van der Waals surface area contributed by atoms with Gasteiger partial charge in [-0.2, -0.15) is 4.98 Å². The molecule has 3 N–H and O–H groups in total. The predicted octanol–water partition coefficient (Wildman–Crippen LogP) is 0.873. The van der Waals surface area contributed by atoms with Crippen LogP contribution in [-0.4, -0.2) is 41.3 Å². The first-order valence-electron chi connectivity index (χ1n) is 5.98. The Morgan fingerprint density at radius 3 is 2.89 bits per heavy atom. The third-order valence-electron chi connectivity index (χ3n) is 2.68. The van der Waals surface area contributed by atoms with E-state index in [1.165, 1.54) is 0 Å². The van der Waals surface area contributed by atoms with E-state index in [4.69, 9.17) is 15.2 Å². The molecule has 1 atom stereocenters. The average Bonchev–Trinajstić information content (AvgIpc) is 2.78. The number of H-pyrrole nitrogens is 1. The van der Waals surface area contributed by atoms with Crippen LogP contribution >= 0.6 is 0 Å². The van der Waals surface area contributed by atoms with Gasteiger partial charge in [-0.05, 0) is 13.0 Å². The number of aromatic amines is 1. The van der Waals surface area contributed by atoms with E-state index in [9.17, 15) is 0 Å². The molecule has 0 fully saturated rings. The molecular weight excluding hydrogens is 232 g/mol. The third-order valence-corrected chi connectivity index (χ3v) is 2.68. The number of ether oxygens (including phenoxy) is 2. The summed E-state index contributed by atoms with van der Waals surface area (Å²) in [6.45, 7) is 2.98. The van der Waals surface area contributed by atoms with Crippen LogP contribution in [0.25, 0.3) is 11.2 Å². The first kappa shape index (κ1) is 12.8. The van der Waals surface area contributed by atoms with Crippen LogP contribution in [0.3, 0.4) is 0 Å². The van der Waals surface area contributed by atoms with E-state index in [1.807, 2.05) is 19.1 Å². The minimum atomic E-state index is -0.0306. The number of pyridine rings is 1. The Balaban J connectivity index is 2.21. The first-order chi connectivity index (χ1) is 8.76. The maximum absolute atomic E-state index is 5.59. The Morgan fingerprint density at radius 2 is 2.22 bits per heavy atom. The molecule has 6 nitrogen and oxygen atoms in total. The summed E-state index contributed by atoms with van der Waals surface area (Å²) in [5, 5.41) is 0. The van der Waals surface area contributed by atoms with Crippen molar-refractivity contribution in [1.29, 1.82) is 0 Å². The largest absolute Gasteiger partial charge is 0.478 e. The fraction of sp³-hybridized carbons (Fsp3) is 0.500. The van der Waals surface area contributed by atoms with Gasteiger partial charge in [0.1, 0.15) is 5.82 Å². The van der Waals surface area contributed by atoms with Crippen molar-refractivity contribution in [2.45, 2.75) is 19.4 Å². The molecule has 0 amide bonds. The zero-order valence-corrected chi connectivity index (χ0v) is 10.6. The monoisotopic (exact) mass is 250 g/mol. The third kappa shape index (κ3) is 2.77. The molecule has 0 aliphatic rings. The zero-order valence-electron chi connectivity index (χ0n) is 10.6. The molecule has 0 saturated carbocycles. The first-order valence-corrected chi connectivity index (χ1v) is 5.98. The number of imidazole rings is 1. The van der Waals surface area contributed by atoms with E-state index >= 15 is 0 Å². The highest BCUT2D eigenvalue weighted by Gasteiger charge is 2.11. The van der Waals surface area contributed by atoms with Crippen molar-refractivity contribution in [3.05, 3.63) is 18.0 Å². The average molecular weight is 250 g/mol. The Bertz CT molecular complexity index is 508. The quantitative estimate of drug-likeness (QED) is 0.794. The smallest absolute Gasteiger partial charge is 0.215 e. The Kier molecular flexibility index (Phi) is 4.11. The summed E-state index contributed by atoms with van der Waals surface area (Å²) in [6, 6.07) is 3.73. The number of hydrogen-bond acceptors (Lipinski definition) is 5. The van der Waals surface area contributed by atoms with Crippen molar-refractivity contribution >= 4 is 11.2 Å². The minimum Gasteiger partial charge on any atom is -0.478 e. The molecule has 98 valence electrons. The fourth-order valence-corrected chi connectivity index (χ4v) is 1.73. The lowest BCUT2D eigenvalue weighted by Gasteiger charge is -2.09. The van der Waals surface area contributed by atoms with Crippen LogP contribution in [0.1, 0.15) is 12.7 Å². The molecule has 0 radical (unpaired) electrons. The number of methoxy groups -OCH3 is 1. The number of nitrogens with two attached hydrogens (primary N) is 1. The van der Waals surface area contributed by atoms with Crippen molar-refractivity contribution < 1.29 is 9.47 Å². The molecule has 2 aromatic heterocycles. The van der Waals surface area contributed by atoms with Crippen molar-refractivity contribution in [2.24, 2.45) is 5.73 Å². The van der Waals surface area contributed by atoms with Crippen molar-refractivity contribution in [2.75, 3.05) is 20.3 Å². The lowest BCUT2D eigenvalue weighted by atomic mass is 10.2. The lowest BCUT2D eigenvalue weighted by Crippen LogP contribution is -2.25. The second-order valence-corrected chi connectivity index (χ2v) is 3.93. The molecule has 0 saturated heterocycles. The Hall–Kier alpha value is -1.66. The molecule has 0 spiro atoms. The summed E-state index contributed by atoms with van der Waals surface area (Å²) in [5.41, 5.74) is 7.13. The number of aromatic nitrogens is 3. The molecule has 0 aromatic carbocycles. The molecule has 2 rings (SSSR count). The number of rotatable bonds is 6. The van der Waals surface area contributed by atoms with Gasteiger partial charge in [-0.1, -0.05) is 0 Å². The van der Waals surface area contributed by atoms with Gasteiger partial charge in [0.05, 0.1) is 18.2 Å². The molecule has 2 aromatic rings. The summed E-state index contributed by atoms with van der Waals surface area (Å²) in [6.07, 6.45) is 0.616. The van der Waals surface area contributed by atoms with Gasteiger partial charge < -0.3 is 20.2 Å². The highest BCUT2D eigenvalue weighted by atomic mass is 16.5. The van der Waals surface area contributed by atoms with Crippen LogP contribution in [0.4, 0.5) is 0 Å². The van der Waals surface area contributed by atoms with E-state index < -0.39 is 0 Å². The molecule has 1 unspecified atom stereocenters. The van der Waals surface area contributed by atoms with Gasteiger partial charge >= 0.3 is 0 Å². The molecule has 2 heterocycles. The van der Waals surface area contributed by atoms with E-state index in [2.05, 4.69) is 15.0 Å². The SMILES string of the molecule is CCOc1ccc2[nH]c(CC(CN)OC)nc2n1. The van der Waals surface area contributed by atoms with Gasteiger partial charge in [0.15, 0.2) is 5.65 Å². The van der Waals surface area contributed by atoms with Crippen molar-refractivity contribution in [3.63, 3.8) is 0 Å². The van der Waals surface area contributed by atoms with E-state index in [-0.39, 0.29) is 6.10 Å². The molecule has 6 heteroatoms. The maximum atomic E-state index is 5.59. The maximum Gasteiger partial charge on any atom is 0.215 e. The van der Waals surface area contributed by atoms with Crippen molar-refractivity contribution in [1.82, 2.24) is 15.0 Å². The van der Waals surface area contributed by atoms with Gasteiger partial charge in [0.25, 0.3) is 0 Å². The summed E-state index contributed by atoms with van der Waals surface area (Å²) in [7, 11) is 1.64. The summed E-state index contributed by atoms with van der Waals surface area (Å²) in [5.74, 6) is 1.41. The second kappa shape index (κ2) is 5.79. The van der Waals surface area contributed by atoms with Crippen LogP contribution in [0, 0.1) is 0 Å². The van der Waals surface area contributed by atoms with E-state index in [0.717, 1.165) is 11.3 Å². The lowest BCUT2D eigenvalue weighted by molar-refractivity contribution is 0.108. The Morgan fingerprint density at radius 1 is 1.39 bits per heavy atom. The predicted molar refractivity (Wildman–Crippen MR) is 68.6 cm³/mol. The summed E-state index contributed by atoms with van der Waals surface area (Å²) in [4.78, 5) is 11.9. The van der Waals surface area contributed by atoms with Crippen LogP contribution in [0.5, 0.6) is 5.88 Å². The fourth-order valence-electron chi connectivity index (χ4n) is 1.73. The molecule has 0 aliphatic carbocycles. The van der Waals surface area contributed by atoms with Gasteiger partial charge in [-0.25, -0.2) is 4.98 Å². The molecule has 0 bridgehead atoms. The number of nitrogens with one attached hydrogen (secondary N) is 1. The second-order valence-electron chi connectivity index (χ2n) is 3.93. The highest BCUT2D eigenvalue weighted by Crippen LogP contribution is 2.15. The van der Waals surface area contributed by atoms with Crippen molar-refractivity contribution in [3.8, 4) is 5.88 Å². The van der Waals surface area contributed by atoms with Crippen LogP contribution in [0.2, 0.25) is 0 Å². The van der Waals surface area contributed by atoms with Gasteiger partial charge in [-0.3, -0.25) is 0 Å². The topological polar surface area (TPSA) is 86.0 Å². The highest BCUT2D eigenvalue weighted by molar-refractivity contribution is 5.71. The molecular formula is C12H18N4O2. The standard InChI is InChI=1S/C12H18N4O2/c1-3-18-11-5-4-9-12(16-11)15-10(14-9)6-8(7-13)17-2/h4-5,8H,3,6-7,13H2,1-2H3,(H,14,15,16). The summed E-state index contributed by atoms with van der Waals surface area (Å²) >= 11 is 0. The van der Waals surface area contributed by atoms with Gasteiger partial charge in [0, 0.05) is 26.1 Å². The molecule has 18 heavy (non-hydrogen) atoms.